The Morgan fingerprint density at radius 1 is 1.16 bits per heavy atom. The van der Waals surface area contributed by atoms with Crippen molar-refractivity contribution in [3.05, 3.63) is 69.7 Å². The molecule has 0 radical (unpaired) electrons. The molecule has 5 N–H and O–H groups in total. The summed E-state index contributed by atoms with van der Waals surface area (Å²) in [6.07, 6.45) is 1.26. The number of hydrogen-bond donors (Lipinski definition) is 4. The third kappa shape index (κ3) is 5.46. The first kappa shape index (κ1) is 25.0. The van der Waals surface area contributed by atoms with E-state index in [1.165, 1.54) is 0 Å². The normalized spacial score (nSPS) is 25.7. The highest BCUT2D eigenvalue weighted by Crippen LogP contribution is 2.48. The van der Waals surface area contributed by atoms with Crippen molar-refractivity contribution >= 4 is 29.1 Å². The molecule has 0 aliphatic carbocycles. The number of hydrogen-bond acceptors (Lipinski definition) is 4. The van der Waals surface area contributed by atoms with Gasteiger partial charge in [0.1, 0.15) is 0 Å². The van der Waals surface area contributed by atoms with Crippen LogP contribution in [0.4, 0.5) is 0 Å². The minimum Gasteiger partial charge on any atom is -0.396 e. The Balaban J connectivity index is 2.13. The molecule has 0 aromatic heterocycles. The number of aliphatic hydroxyl groups is 1. The van der Waals surface area contributed by atoms with Gasteiger partial charge in [-0.2, -0.15) is 0 Å². The summed E-state index contributed by atoms with van der Waals surface area (Å²) in [7, 11) is 0. The highest BCUT2D eigenvalue weighted by molar-refractivity contribution is 6.30. The smallest absolute Gasteiger partial charge is 0.237 e. The second-order valence-electron chi connectivity index (χ2n) is 9.80. The van der Waals surface area contributed by atoms with Crippen molar-refractivity contribution in [2.24, 2.45) is 11.1 Å². The molecule has 1 aliphatic heterocycles. The van der Waals surface area contributed by atoms with E-state index in [0.717, 1.165) is 17.5 Å². The molecular formula is C25H33Cl2N3O2. The molecule has 1 saturated heterocycles. The molecule has 3 rings (SSSR count). The van der Waals surface area contributed by atoms with Crippen LogP contribution in [0.25, 0.3) is 0 Å². The van der Waals surface area contributed by atoms with Crippen molar-refractivity contribution in [2.45, 2.75) is 57.2 Å². The van der Waals surface area contributed by atoms with Gasteiger partial charge in [-0.1, -0.05) is 68.2 Å². The topological polar surface area (TPSA) is 87.4 Å². The monoisotopic (exact) mass is 477 g/mol. The van der Waals surface area contributed by atoms with Crippen molar-refractivity contribution < 1.29 is 9.90 Å². The molecule has 7 heteroatoms. The molecule has 5 nitrogen and oxygen atoms in total. The lowest BCUT2D eigenvalue weighted by Crippen LogP contribution is -2.51. The Labute approximate surface area is 200 Å². The molecule has 1 amide bonds. The molecular weight excluding hydrogens is 445 g/mol. The van der Waals surface area contributed by atoms with Gasteiger partial charge in [0.15, 0.2) is 0 Å². The van der Waals surface area contributed by atoms with E-state index in [2.05, 4.69) is 31.4 Å². The largest absolute Gasteiger partial charge is 0.396 e. The number of halogens is 2. The molecule has 1 heterocycles. The van der Waals surface area contributed by atoms with Crippen LogP contribution in [0, 0.1) is 5.41 Å². The fourth-order valence-corrected chi connectivity index (χ4v) is 5.02. The maximum Gasteiger partial charge on any atom is 0.237 e. The first-order chi connectivity index (χ1) is 15.1. The van der Waals surface area contributed by atoms with Crippen LogP contribution in [0.3, 0.4) is 0 Å². The number of aliphatic hydroxyl groups excluding tert-OH is 1. The van der Waals surface area contributed by atoms with Crippen molar-refractivity contribution in [3.8, 4) is 0 Å². The van der Waals surface area contributed by atoms with Gasteiger partial charge in [-0.3, -0.25) is 4.79 Å². The van der Waals surface area contributed by atoms with Crippen LogP contribution in [0.1, 0.15) is 50.7 Å². The summed E-state index contributed by atoms with van der Waals surface area (Å²) >= 11 is 12.5. The first-order valence-electron chi connectivity index (χ1n) is 11.0. The van der Waals surface area contributed by atoms with Gasteiger partial charge < -0.3 is 21.5 Å². The van der Waals surface area contributed by atoms with E-state index in [-0.39, 0.29) is 29.9 Å². The number of carbonyl (C=O) groups is 1. The Morgan fingerprint density at radius 3 is 2.44 bits per heavy atom. The fourth-order valence-electron chi connectivity index (χ4n) is 4.70. The predicted molar refractivity (Wildman–Crippen MR) is 131 cm³/mol. The second-order valence-corrected chi connectivity index (χ2v) is 10.7. The van der Waals surface area contributed by atoms with Gasteiger partial charge in [0.05, 0.1) is 11.6 Å². The molecule has 0 saturated carbocycles. The highest BCUT2D eigenvalue weighted by Gasteiger charge is 2.56. The average molecular weight is 478 g/mol. The zero-order valence-electron chi connectivity index (χ0n) is 18.9. The van der Waals surface area contributed by atoms with Crippen LogP contribution >= 0.6 is 23.2 Å². The highest BCUT2D eigenvalue weighted by atomic mass is 35.5. The Kier molecular flexibility index (Phi) is 7.89. The second kappa shape index (κ2) is 10.1. The van der Waals surface area contributed by atoms with E-state index < -0.39 is 11.6 Å². The van der Waals surface area contributed by atoms with E-state index >= 15 is 0 Å². The summed E-state index contributed by atoms with van der Waals surface area (Å²) in [4.78, 5) is 13.3. The number of carbonyl (C=O) groups excluding carboxylic acids is 1. The van der Waals surface area contributed by atoms with Crippen LogP contribution in [0.5, 0.6) is 0 Å². The van der Waals surface area contributed by atoms with Gasteiger partial charge in [0.25, 0.3) is 0 Å². The summed E-state index contributed by atoms with van der Waals surface area (Å²) in [6, 6.07) is 14.4. The van der Waals surface area contributed by atoms with Crippen molar-refractivity contribution in [3.63, 3.8) is 0 Å². The molecule has 0 bridgehead atoms. The van der Waals surface area contributed by atoms with Crippen LogP contribution in [0.2, 0.25) is 10.0 Å². The summed E-state index contributed by atoms with van der Waals surface area (Å²) in [5.74, 6) is -0.493. The molecule has 32 heavy (non-hydrogen) atoms. The fraction of sp³-hybridized carbons (Fsp3) is 0.480. The molecule has 2 aromatic carbocycles. The van der Waals surface area contributed by atoms with E-state index in [9.17, 15) is 4.79 Å². The van der Waals surface area contributed by atoms with Crippen LogP contribution in [0.15, 0.2) is 48.5 Å². The van der Waals surface area contributed by atoms with Crippen molar-refractivity contribution in [2.75, 3.05) is 13.2 Å². The number of amides is 1. The van der Waals surface area contributed by atoms with Crippen LogP contribution in [-0.2, 0) is 10.3 Å². The number of rotatable bonds is 7. The standard InChI is InChI=1S/C25H33Cl2N3O2/c1-24(2,3)15-20-25(28,17-8-10-18(26)11-9-17)21(16-6-4-7-19(27)14-16)22(30-20)23(32)29-12-5-13-31/h4,6-11,14,20-22,30-31H,5,12-13,15,28H2,1-3H3,(H,29,32)/t20-,21-,22+,25+/m0/s1. The van der Waals surface area contributed by atoms with Crippen LogP contribution < -0.4 is 16.4 Å². The maximum atomic E-state index is 13.3. The average Bonchev–Trinajstić information content (AvgIpc) is 3.00. The molecule has 1 aliphatic rings. The molecule has 1 fully saturated rings. The van der Waals surface area contributed by atoms with Gasteiger partial charge >= 0.3 is 0 Å². The summed E-state index contributed by atoms with van der Waals surface area (Å²) < 4.78 is 0. The van der Waals surface area contributed by atoms with E-state index in [1.54, 1.807) is 0 Å². The third-order valence-corrected chi connectivity index (χ3v) is 6.58. The van der Waals surface area contributed by atoms with Gasteiger partial charge in [0.2, 0.25) is 5.91 Å². The maximum absolute atomic E-state index is 13.3. The Morgan fingerprint density at radius 2 is 1.84 bits per heavy atom. The number of benzene rings is 2. The predicted octanol–water partition coefficient (Wildman–Crippen LogP) is 4.21. The first-order valence-corrected chi connectivity index (χ1v) is 11.8. The zero-order valence-corrected chi connectivity index (χ0v) is 20.4. The molecule has 174 valence electrons. The van der Waals surface area contributed by atoms with Gasteiger partial charge in [-0.05, 0) is 53.6 Å². The Bertz CT molecular complexity index is 930. The summed E-state index contributed by atoms with van der Waals surface area (Å²) in [5, 5.41) is 16.9. The summed E-state index contributed by atoms with van der Waals surface area (Å²) in [6.45, 7) is 6.92. The quantitative estimate of drug-likeness (QED) is 0.449. The molecule has 2 aromatic rings. The van der Waals surface area contributed by atoms with Crippen molar-refractivity contribution in [1.29, 1.82) is 0 Å². The lowest BCUT2D eigenvalue weighted by molar-refractivity contribution is -0.123. The van der Waals surface area contributed by atoms with Gasteiger partial charge in [-0.25, -0.2) is 0 Å². The third-order valence-electron chi connectivity index (χ3n) is 6.09. The Hall–Kier alpha value is -1.63. The molecule has 0 unspecified atom stereocenters. The summed E-state index contributed by atoms with van der Waals surface area (Å²) in [5.41, 5.74) is 8.25. The molecule has 4 atom stereocenters. The van der Waals surface area contributed by atoms with E-state index in [0.29, 0.717) is 23.0 Å². The lowest BCUT2D eigenvalue weighted by atomic mass is 9.68. The molecule has 0 spiro atoms. The van der Waals surface area contributed by atoms with Crippen LogP contribution in [-0.4, -0.2) is 36.2 Å². The van der Waals surface area contributed by atoms with Gasteiger partial charge in [0, 0.05) is 35.2 Å². The van der Waals surface area contributed by atoms with Gasteiger partial charge in [-0.15, -0.1) is 0 Å². The van der Waals surface area contributed by atoms with E-state index in [1.807, 2.05) is 48.5 Å². The number of nitrogens with two attached hydrogens (primary N) is 1. The minimum absolute atomic E-state index is 0.0180. The zero-order chi connectivity index (χ0) is 23.5. The van der Waals surface area contributed by atoms with Crippen molar-refractivity contribution in [1.82, 2.24) is 10.6 Å². The lowest BCUT2D eigenvalue weighted by Gasteiger charge is -2.39. The van der Waals surface area contributed by atoms with E-state index in [4.69, 9.17) is 34.0 Å². The number of nitrogens with one attached hydrogen (secondary N) is 2. The minimum atomic E-state index is -0.873. The SMILES string of the molecule is CC(C)(C)C[C@@H]1N[C@@H](C(=O)NCCCO)[C@H](c2cccc(Cl)c2)[C@@]1(N)c1ccc(Cl)cc1.